The van der Waals surface area contributed by atoms with Crippen molar-refractivity contribution in [3.8, 4) is 22.8 Å². The minimum absolute atomic E-state index is 0.477. The predicted molar refractivity (Wildman–Crippen MR) is 201 cm³/mol. The Morgan fingerprint density at radius 1 is 0.540 bits per heavy atom. The molecule has 0 N–H and O–H groups in total. The number of hydrogen-bond donors (Lipinski definition) is 0. The van der Waals surface area contributed by atoms with Crippen molar-refractivity contribution in [2.45, 2.75) is 50.6 Å². The third kappa shape index (κ3) is 6.60. The molecule has 0 aliphatic carbocycles. The minimum Gasteiger partial charge on any atom is -0.303 e. The summed E-state index contributed by atoms with van der Waals surface area (Å²) in [6, 6.07) is 29.2. The Morgan fingerprint density at radius 2 is 0.940 bits per heavy atom. The Kier molecular flexibility index (Phi) is 9.28. The van der Waals surface area contributed by atoms with Crippen LogP contribution in [-0.2, 0) is 0 Å². The van der Waals surface area contributed by atoms with Crippen molar-refractivity contribution in [2.24, 2.45) is 0 Å². The van der Waals surface area contributed by atoms with E-state index in [1.165, 1.54) is 25.7 Å². The van der Waals surface area contributed by atoms with Crippen LogP contribution in [-0.4, -0.2) is 92.1 Å². The van der Waals surface area contributed by atoms with E-state index in [9.17, 15) is 0 Å². The van der Waals surface area contributed by atoms with Crippen molar-refractivity contribution in [1.29, 1.82) is 0 Å². The van der Waals surface area contributed by atoms with Gasteiger partial charge in [0.25, 0.3) is 0 Å². The largest absolute Gasteiger partial charge is 0.303 e. The second kappa shape index (κ2) is 14.4. The molecule has 0 saturated carbocycles. The quantitative estimate of drug-likeness (QED) is 0.136. The fourth-order valence-electron chi connectivity index (χ4n) is 7.60. The number of pyridine rings is 2. The van der Waals surface area contributed by atoms with E-state index in [4.69, 9.17) is 29.9 Å². The highest BCUT2D eigenvalue weighted by molar-refractivity contribution is 5.86. The highest BCUT2D eigenvalue weighted by Gasteiger charge is 2.32. The van der Waals surface area contributed by atoms with E-state index in [0.29, 0.717) is 12.1 Å². The maximum absolute atomic E-state index is 5.42. The number of fused-ring (bicyclic) bond motifs is 2. The summed E-state index contributed by atoms with van der Waals surface area (Å²) in [4.78, 5) is 35.9. The van der Waals surface area contributed by atoms with E-state index in [0.717, 1.165) is 95.5 Å². The van der Waals surface area contributed by atoms with Crippen LogP contribution in [0.15, 0.2) is 97.3 Å². The number of rotatable bonds is 11. The molecule has 2 saturated heterocycles. The Labute approximate surface area is 293 Å². The lowest BCUT2D eigenvalue weighted by atomic mass is 10.1. The van der Waals surface area contributed by atoms with Crippen LogP contribution < -0.4 is 10.0 Å². The van der Waals surface area contributed by atoms with Crippen LogP contribution in [0.2, 0.25) is 0 Å². The SMILES string of the molecule is CN1CCCC1CCN(c1nc2ccccc2nc1-c1ccccn1)N(CCC1CCCN1C)c1nc2ccccc2nc1-c1ccccn1. The van der Waals surface area contributed by atoms with Gasteiger partial charge in [-0.2, -0.15) is 0 Å². The molecule has 8 rings (SSSR count). The molecule has 0 amide bonds. The average molecular weight is 665 g/mol. The second-order valence-electron chi connectivity index (χ2n) is 13.6. The Morgan fingerprint density at radius 3 is 1.30 bits per heavy atom. The second-order valence-corrected chi connectivity index (χ2v) is 13.6. The van der Waals surface area contributed by atoms with Gasteiger partial charge in [-0.05, 0) is 114 Å². The van der Waals surface area contributed by atoms with Gasteiger partial charge in [0.05, 0.1) is 33.5 Å². The summed E-state index contributed by atoms with van der Waals surface area (Å²) in [6.45, 7) is 3.69. The number of para-hydroxylation sites is 4. The molecule has 50 heavy (non-hydrogen) atoms. The normalized spacial score (nSPS) is 18.3. The van der Waals surface area contributed by atoms with Crippen LogP contribution >= 0.6 is 0 Å². The molecular formula is C40H44N10. The molecule has 10 nitrogen and oxygen atoms in total. The molecule has 0 bridgehead atoms. The standard InChI is InChI=1S/C40H44N10/c1-47-25-11-13-29(47)21-27-49(39-37(35-19-7-9-23-41-35)43-31-15-3-5-17-33(31)45-39)50(28-22-30-14-12-26-48(30)2)40-38(36-20-8-10-24-42-36)44-32-16-4-6-18-34(32)46-40/h3-10,15-20,23-24,29-30H,11-14,21-22,25-28H2,1-2H3. The van der Waals surface area contributed by atoms with E-state index in [2.05, 4.69) is 33.9 Å². The molecular weight excluding hydrogens is 621 g/mol. The molecule has 0 spiro atoms. The molecule has 2 fully saturated rings. The van der Waals surface area contributed by atoms with E-state index in [1.807, 2.05) is 97.3 Å². The molecule has 2 unspecified atom stereocenters. The van der Waals surface area contributed by atoms with Crippen molar-refractivity contribution >= 4 is 33.7 Å². The van der Waals surface area contributed by atoms with Gasteiger partial charge in [0.15, 0.2) is 11.6 Å². The number of likely N-dealkylation sites (tertiary alicyclic amines) is 2. The number of hydrogen-bond acceptors (Lipinski definition) is 10. The van der Waals surface area contributed by atoms with E-state index in [1.54, 1.807) is 0 Å². The number of aromatic nitrogens is 6. The third-order valence-electron chi connectivity index (χ3n) is 10.4. The number of benzene rings is 2. The first-order chi connectivity index (χ1) is 24.6. The molecule has 4 aromatic heterocycles. The fraction of sp³-hybridized carbons (Fsp3) is 0.350. The number of anilines is 2. The van der Waals surface area contributed by atoms with Gasteiger partial charge >= 0.3 is 0 Å². The van der Waals surface area contributed by atoms with E-state index < -0.39 is 0 Å². The number of hydrazine groups is 1. The molecule has 2 aliphatic rings. The summed E-state index contributed by atoms with van der Waals surface area (Å²) in [5.74, 6) is 1.54. The highest BCUT2D eigenvalue weighted by atomic mass is 15.7. The predicted octanol–water partition coefficient (Wildman–Crippen LogP) is 6.89. The van der Waals surface area contributed by atoms with Crippen LogP contribution in [0.25, 0.3) is 44.8 Å². The lowest BCUT2D eigenvalue weighted by Crippen LogP contribution is -2.48. The summed E-state index contributed by atoms with van der Waals surface area (Å²) in [7, 11) is 4.50. The number of nitrogens with zero attached hydrogens (tertiary/aromatic N) is 10. The molecule has 2 atom stereocenters. The lowest BCUT2D eigenvalue weighted by Gasteiger charge is -2.39. The van der Waals surface area contributed by atoms with Crippen LogP contribution in [0.3, 0.4) is 0 Å². The molecule has 2 aliphatic heterocycles. The molecule has 6 aromatic rings. The van der Waals surface area contributed by atoms with Gasteiger partial charge < -0.3 is 9.80 Å². The average Bonchev–Trinajstić information content (AvgIpc) is 3.78. The Bertz CT molecular complexity index is 1910. The third-order valence-corrected chi connectivity index (χ3v) is 10.4. The van der Waals surface area contributed by atoms with Gasteiger partial charge in [0.1, 0.15) is 11.4 Å². The van der Waals surface area contributed by atoms with Crippen molar-refractivity contribution in [3.05, 3.63) is 97.3 Å². The topological polar surface area (TPSA) is 90.3 Å². The fourth-order valence-corrected chi connectivity index (χ4v) is 7.60. The van der Waals surface area contributed by atoms with Crippen molar-refractivity contribution in [3.63, 3.8) is 0 Å². The summed E-state index contributed by atoms with van der Waals surface area (Å²) in [5.41, 5.74) is 6.44. The molecule has 6 heterocycles. The monoisotopic (exact) mass is 664 g/mol. The van der Waals surface area contributed by atoms with Crippen molar-refractivity contribution in [1.82, 2.24) is 39.7 Å². The minimum atomic E-state index is 0.477. The van der Waals surface area contributed by atoms with Gasteiger partial charge in [-0.25, -0.2) is 19.9 Å². The van der Waals surface area contributed by atoms with Crippen LogP contribution in [0.4, 0.5) is 11.6 Å². The smallest absolute Gasteiger partial charge is 0.176 e. The molecule has 10 heteroatoms. The van der Waals surface area contributed by atoms with Gasteiger partial charge in [-0.3, -0.25) is 20.0 Å². The summed E-state index contributed by atoms with van der Waals surface area (Å²) >= 11 is 0. The first-order valence-electron chi connectivity index (χ1n) is 17.9. The van der Waals surface area contributed by atoms with Crippen LogP contribution in [0.5, 0.6) is 0 Å². The zero-order valence-electron chi connectivity index (χ0n) is 28.9. The Balaban J connectivity index is 1.35. The van der Waals surface area contributed by atoms with Gasteiger partial charge in [0, 0.05) is 37.6 Å². The van der Waals surface area contributed by atoms with Gasteiger partial charge in [-0.15, -0.1) is 0 Å². The zero-order chi connectivity index (χ0) is 33.9. The van der Waals surface area contributed by atoms with Gasteiger partial charge in [0.2, 0.25) is 0 Å². The molecule has 0 radical (unpaired) electrons. The van der Waals surface area contributed by atoms with Crippen LogP contribution in [0.1, 0.15) is 38.5 Å². The summed E-state index contributed by atoms with van der Waals surface area (Å²) in [5, 5.41) is 4.69. The Hall–Kier alpha value is -5.06. The summed E-state index contributed by atoms with van der Waals surface area (Å²) < 4.78 is 0. The van der Waals surface area contributed by atoms with Crippen molar-refractivity contribution in [2.75, 3.05) is 50.3 Å². The van der Waals surface area contributed by atoms with Crippen LogP contribution in [0, 0.1) is 0 Å². The van der Waals surface area contributed by atoms with E-state index >= 15 is 0 Å². The van der Waals surface area contributed by atoms with Crippen molar-refractivity contribution < 1.29 is 0 Å². The van der Waals surface area contributed by atoms with Gasteiger partial charge in [-0.1, -0.05) is 36.4 Å². The first-order valence-corrected chi connectivity index (χ1v) is 17.9. The summed E-state index contributed by atoms with van der Waals surface area (Å²) in [6.07, 6.45) is 10.4. The molecule has 2 aromatic carbocycles. The maximum Gasteiger partial charge on any atom is 0.176 e. The van der Waals surface area contributed by atoms with E-state index in [-0.39, 0.29) is 0 Å². The molecule has 254 valence electrons. The lowest BCUT2D eigenvalue weighted by molar-refractivity contribution is 0.291. The first kappa shape index (κ1) is 32.2. The zero-order valence-corrected chi connectivity index (χ0v) is 28.9. The maximum atomic E-state index is 5.42. The highest BCUT2D eigenvalue weighted by Crippen LogP contribution is 2.36.